The van der Waals surface area contributed by atoms with E-state index in [9.17, 15) is 5.11 Å². The first-order valence-electron chi connectivity index (χ1n) is 5.93. The normalized spacial score (nSPS) is 24.6. The van der Waals surface area contributed by atoms with Crippen LogP contribution in [0.1, 0.15) is 6.92 Å². The largest absolute Gasteiger partial charge is 0.389 e. The highest BCUT2D eigenvalue weighted by Gasteiger charge is 2.20. The Hall–Kier alpha value is -0.200. The van der Waals surface area contributed by atoms with Gasteiger partial charge in [0.15, 0.2) is 0 Å². The van der Waals surface area contributed by atoms with Crippen LogP contribution in [0.3, 0.4) is 0 Å². The van der Waals surface area contributed by atoms with Gasteiger partial charge in [-0.3, -0.25) is 4.90 Å². The van der Waals surface area contributed by atoms with Crippen LogP contribution in [0.25, 0.3) is 0 Å². The lowest BCUT2D eigenvalue weighted by atomic mass is 10.2. The van der Waals surface area contributed by atoms with E-state index in [0.29, 0.717) is 32.4 Å². The van der Waals surface area contributed by atoms with E-state index < -0.39 is 6.10 Å². The summed E-state index contributed by atoms with van der Waals surface area (Å²) in [6.45, 7) is 7.37. The van der Waals surface area contributed by atoms with Gasteiger partial charge in [-0.1, -0.05) is 0 Å². The molecule has 96 valence electrons. The highest BCUT2D eigenvalue weighted by Crippen LogP contribution is 2.03. The van der Waals surface area contributed by atoms with E-state index in [4.69, 9.17) is 9.47 Å². The first-order chi connectivity index (χ1) is 7.74. The summed E-state index contributed by atoms with van der Waals surface area (Å²) >= 11 is 0. The summed E-state index contributed by atoms with van der Waals surface area (Å²) < 4.78 is 10.2. The van der Waals surface area contributed by atoms with Gasteiger partial charge in [0, 0.05) is 39.3 Å². The summed E-state index contributed by atoms with van der Waals surface area (Å²) in [7, 11) is 1.64. The molecule has 0 aliphatic carbocycles. The van der Waals surface area contributed by atoms with Crippen molar-refractivity contribution in [2.24, 2.45) is 0 Å². The van der Waals surface area contributed by atoms with Gasteiger partial charge in [0.1, 0.15) is 0 Å². The molecule has 0 aromatic rings. The molecule has 1 fully saturated rings. The van der Waals surface area contributed by atoms with Gasteiger partial charge in [0.2, 0.25) is 0 Å². The number of ether oxygens (including phenoxy) is 2. The summed E-state index contributed by atoms with van der Waals surface area (Å²) in [6, 6.07) is 0.488. The molecule has 1 heterocycles. The van der Waals surface area contributed by atoms with Crippen molar-refractivity contribution in [3.05, 3.63) is 0 Å². The average Bonchev–Trinajstić information content (AvgIpc) is 2.28. The van der Waals surface area contributed by atoms with Crippen LogP contribution in [-0.2, 0) is 9.47 Å². The molecule has 1 unspecified atom stereocenters. The maximum Gasteiger partial charge on any atom is 0.0900 e. The average molecular weight is 232 g/mol. The molecule has 0 spiro atoms. The third-order valence-corrected chi connectivity index (χ3v) is 2.83. The number of nitrogens with one attached hydrogen (secondary N) is 1. The van der Waals surface area contributed by atoms with Gasteiger partial charge in [0.05, 0.1) is 25.9 Å². The Labute approximate surface area is 97.7 Å². The smallest absolute Gasteiger partial charge is 0.0900 e. The maximum absolute atomic E-state index is 9.79. The van der Waals surface area contributed by atoms with E-state index >= 15 is 0 Å². The molecule has 2 atom stereocenters. The van der Waals surface area contributed by atoms with E-state index in [1.54, 1.807) is 7.11 Å². The molecule has 0 aromatic heterocycles. The maximum atomic E-state index is 9.79. The molecule has 1 aliphatic heterocycles. The number of hydrogen-bond donors (Lipinski definition) is 2. The van der Waals surface area contributed by atoms with E-state index in [-0.39, 0.29) is 0 Å². The SMILES string of the molecule is COCCOCC(O)CN1CCNC[C@@H]1C. The molecular formula is C11H24N2O3. The quantitative estimate of drug-likeness (QED) is 0.569. The number of aliphatic hydroxyl groups is 1. The lowest BCUT2D eigenvalue weighted by Crippen LogP contribution is -2.52. The summed E-state index contributed by atoms with van der Waals surface area (Å²) in [4.78, 5) is 2.29. The van der Waals surface area contributed by atoms with Crippen LogP contribution >= 0.6 is 0 Å². The Bertz CT molecular complexity index is 181. The van der Waals surface area contributed by atoms with Crippen LogP contribution in [-0.4, -0.2) is 75.3 Å². The van der Waals surface area contributed by atoms with Crippen molar-refractivity contribution < 1.29 is 14.6 Å². The number of hydrogen-bond acceptors (Lipinski definition) is 5. The minimum absolute atomic E-state index is 0.389. The monoisotopic (exact) mass is 232 g/mol. The van der Waals surface area contributed by atoms with E-state index in [1.807, 2.05) is 0 Å². The van der Waals surface area contributed by atoms with Crippen molar-refractivity contribution in [1.29, 1.82) is 0 Å². The molecule has 0 radical (unpaired) electrons. The zero-order valence-corrected chi connectivity index (χ0v) is 10.3. The molecule has 0 saturated carbocycles. The fourth-order valence-electron chi connectivity index (χ4n) is 1.84. The summed E-state index contributed by atoms with van der Waals surface area (Å²) in [5, 5.41) is 13.1. The third-order valence-electron chi connectivity index (χ3n) is 2.83. The van der Waals surface area contributed by atoms with Crippen LogP contribution in [0, 0.1) is 0 Å². The van der Waals surface area contributed by atoms with Gasteiger partial charge in [0.25, 0.3) is 0 Å². The first kappa shape index (κ1) is 13.9. The Balaban J connectivity index is 2.09. The molecule has 0 aromatic carbocycles. The van der Waals surface area contributed by atoms with Crippen molar-refractivity contribution in [3.8, 4) is 0 Å². The number of aliphatic hydroxyl groups excluding tert-OH is 1. The Morgan fingerprint density at radius 1 is 1.50 bits per heavy atom. The van der Waals surface area contributed by atoms with Crippen LogP contribution < -0.4 is 5.32 Å². The Kier molecular flexibility index (Phi) is 6.91. The Morgan fingerprint density at radius 2 is 2.31 bits per heavy atom. The van der Waals surface area contributed by atoms with Crippen molar-refractivity contribution in [2.75, 3.05) is 53.1 Å². The van der Waals surface area contributed by atoms with Crippen molar-refractivity contribution in [1.82, 2.24) is 10.2 Å². The second kappa shape index (κ2) is 7.97. The standard InChI is InChI=1S/C11H24N2O3/c1-10-7-12-3-4-13(10)8-11(14)9-16-6-5-15-2/h10-12,14H,3-9H2,1-2H3/t10-,11?/m0/s1. The molecule has 5 heteroatoms. The lowest BCUT2D eigenvalue weighted by molar-refractivity contribution is -0.00777. The van der Waals surface area contributed by atoms with Gasteiger partial charge in [-0.15, -0.1) is 0 Å². The Morgan fingerprint density at radius 3 is 3.00 bits per heavy atom. The van der Waals surface area contributed by atoms with Crippen LogP contribution in [0.15, 0.2) is 0 Å². The number of piperazine rings is 1. The van der Waals surface area contributed by atoms with Crippen LogP contribution in [0.2, 0.25) is 0 Å². The zero-order valence-electron chi connectivity index (χ0n) is 10.3. The van der Waals surface area contributed by atoms with Crippen molar-refractivity contribution in [3.63, 3.8) is 0 Å². The van der Waals surface area contributed by atoms with Gasteiger partial charge in [-0.05, 0) is 6.92 Å². The molecule has 16 heavy (non-hydrogen) atoms. The molecule has 1 aliphatic rings. The topological polar surface area (TPSA) is 54.0 Å². The van der Waals surface area contributed by atoms with Gasteiger partial charge < -0.3 is 19.9 Å². The van der Waals surface area contributed by atoms with Gasteiger partial charge in [-0.25, -0.2) is 0 Å². The second-order valence-corrected chi connectivity index (χ2v) is 4.27. The summed E-state index contributed by atoms with van der Waals surface area (Å²) in [5.41, 5.74) is 0. The first-order valence-corrected chi connectivity index (χ1v) is 5.93. The molecule has 0 amide bonds. The fraction of sp³-hybridized carbons (Fsp3) is 1.00. The number of methoxy groups -OCH3 is 1. The predicted octanol–water partition coefficient (Wildman–Crippen LogP) is -0.696. The fourth-order valence-corrected chi connectivity index (χ4v) is 1.84. The number of β-amino-alcohol motifs (C(OH)–C–C–N with tert-alkyl or cyclic N) is 1. The van der Waals surface area contributed by atoms with E-state index in [2.05, 4.69) is 17.1 Å². The van der Waals surface area contributed by atoms with Crippen molar-refractivity contribution >= 4 is 0 Å². The summed E-state index contributed by atoms with van der Waals surface area (Å²) in [6.07, 6.45) is -0.405. The molecule has 0 bridgehead atoms. The minimum atomic E-state index is -0.405. The highest BCUT2D eigenvalue weighted by molar-refractivity contribution is 4.77. The van der Waals surface area contributed by atoms with Crippen LogP contribution in [0.4, 0.5) is 0 Å². The molecular weight excluding hydrogens is 208 g/mol. The minimum Gasteiger partial charge on any atom is -0.389 e. The summed E-state index contributed by atoms with van der Waals surface area (Å²) in [5.74, 6) is 0. The molecule has 1 saturated heterocycles. The van der Waals surface area contributed by atoms with Crippen LogP contribution in [0.5, 0.6) is 0 Å². The lowest BCUT2D eigenvalue weighted by Gasteiger charge is -2.35. The van der Waals surface area contributed by atoms with Gasteiger partial charge in [-0.2, -0.15) is 0 Å². The molecule has 2 N–H and O–H groups in total. The van der Waals surface area contributed by atoms with E-state index in [1.165, 1.54) is 0 Å². The number of nitrogens with zero attached hydrogens (tertiary/aromatic N) is 1. The zero-order chi connectivity index (χ0) is 11.8. The van der Waals surface area contributed by atoms with E-state index in [0.717, 1.165) is 19.6 Å². The number of rotatable bonds is 7. The highest BCUT2D eigenvalue weighted by atomic mass is 16.5. The molecule has 5 nitrogen and oxygen atoms in total. The van der Waals surface area contributed by atoms with Gasteiger partial charge >= 0.3 is 0 Å². The van der Waals surface area contributed by atoms with Crippen molar-refractivity contribution in [2.45, 2.75) is 19.1 Å². The third kappa shape index (κ3) is 5.23. The predicted molar refractivity (Wildman–Crippen MR) is 62.6 cm³/mol. The second-order valence-electron chi connectivity index (χ2n) is 4.27. The molecule has 1 rings (SSSR count).